The molecule has 1 saturated heterocycles. The van der Waals surface area contributed by atoms with E-state index < -0.39 is 23.7 Å². The number of ether oxygens (including phenoxy) is 1. The van der Waals surface area contributed by atoms with Gasteiger partial charge in [0, 0.05) is 19.6 Å². The molecule has 1 atom stereocenters. The number of carbonyl (C=O) groups is 2. The van der Waals surface area contributed by atoms with Crippen LogP contribution in [0.25, 0.3) is 0 Å². The topological polar surface area (TPSA) is 70.1 Å². The van der Waals surface area contributed by atoms with Crippen molar-refractivity contribution >= 4 is 12.1 Å². The summed E-state index contributed by atoms with van der Waals surface area (Å²) in [5, 5.41) is 9.32. The number of amides is 1. The zero-order valence-electron chi connectivity index (χ0n) is 12.9. The Balaban J connectivity index is 2.67. The lowest BCUT2D eigenvalue weighted by atomic mass is 10.1. The summed E-state index contributed by atoms with van der Waals surface area (Å²) in [6.45, 7) is 9.77. The predicted molar refractivity (Wildman–Crippen MR) is 75.7 cm³/mol. The third kappa shape index (κ3) is 5.00. The highest BCUT2D eigenvalue weighted by atomic mass is 16.6. The Kier molecular flexibility index (Phi) is 5.80. The SMILES string of the molecule is CCCCN1CCN(C(=O)OC(C)(C)C)C(C(=O)O)C1. The van der Waals surface area contributed by atoms with Gasteiger partial charge in [-0.25, -0.2) is 9.59 Å². The van der Waals surface area contributed by atoms with E-state index in [4.69, 9.17) is 4.74 Å². The first-order valence-corrected chi connectivity index (χ1v) is 7.19. The monoisotopic (exact) mass is 286 g/mol. The molecule has 1 unspecified atom stereocenters. The van der Waals surface area contributed by atoms with E-state index in [9.17, 15) is 14.7 Å². The van der Waals surface area contributed by atoms with Crippen LogP contribution in [-0.4, -0.2) is 64.8 Å². The quantitative estimate of drug-likeness (QED) is 0.853. The van der Waals surface area contributed by atoms with Gasteiger partial charge in [-0.05, 0) is 33.7 Å². The molecule has 1 aliphatic rings. The van der Waals surface area contributed by atoms with Crippen molar-refractivity contribution in [3.8, 4) is 0 Å². The van der Waals surface area contributed by atoms with Crippen LogP contribution in [0.5, 0.6) is 0 Å². The maximum absolute atomic E-state index is 12.1. The van der Waals surface area contributed by atoms with E-state index in [1.54, 1.807) is 20.8 Å². The average Bonchev–Trinajstić information content (AvgIpc) is 2.33. The van der Waals surface area contributed by atoms with E-state index in [0.717, 1.165) is 19.4 Å². The summed E-state index contributed by atoms with van der Waals surface area (Å²) >= 11 is 0. The fourth-order valence-corrected chi connectivity index (χ4v) is 2.17. The number of hydrogen-bond donors (Lipinski definition) is 1. The number of carboxylic acids is 1. The molecule has 116 valence electrons. The van der Waals surface area contributed by atoms with E-state index in [1.165, 1.54) is 4.90 Å². The Bertz CT molecular complexity index is 352. The van der Waals surface area contributed by atoms with Crippen molar-refractivity contribution in [2.24, 2.45) is 0 Å². The van der Waals surface area contributed by atoms with Crippen molar-refractivity contribution in [1.29, 1.82) is 0 Å². The molecule has 1 aliphatic heterocycles. The van der Waals surface area contributed by atoms with Crippen molar-refractivity contribution < 1.29 is 19.4 Å². The first kappa shape index (κ1) is 16.8. The van der Waals surface area contributed by atoms with Crippen molar-refractivity contribution in [1.82, 2.24) is 9.80 Å². The van der Waals surface area contributed by atoms with Crippen molar-refractivity contribution in [3.63, 3.8) is 0 Å². The minimum atomic E-state index is -0.975. The van der Waals surface area contributed by atoms with Gasteiger partial charge >= 0.3 is 12.1 Å². The lowest BCUT2D eigenvalue weighted by molar-refractivity contribution is -0.145. The smallest absolute Gasteiger partial charge is 0.411 e. The third-order valence-corrected chi connectivity index (χ3v) is 3.21. The Morgan fingerprint density at radius 3 is 2.45 bits per heavy atom. The number of carbonyl (C=O) groups excluding carboxylic acids is 1. The fourth-order valence-electron chi connectivity index (χ4n) is 2.17. The maximum atomic E-state index is 12.1. The van der Waals surface area contributed by atoms with Gasteiger partial charge in [-0.3, -0.25) is 9.80 Å². The van der Waals surface area contributed by atoms with Crippen LogP contribution in [0.1, 0.15) is 40.5 Å². The Morgan fingerprint density at radius 2 is 1.95 bits per heavy atom. The molecule has 1 heterocycles. The normalized spacial score (nSPS) is 20.8. The van der Waals surface area contributed by atoms with Gasteiger partial charge in [0.15, 0.2) is 0 Å². The summed E-state index contributed by atoms with van der Waals surface area (Å²) in [6, 6.07) is -0.824. The number of aliphatic carboxylic acids is 1. The van der Waals surface area contributed by atoms with Gasteiger partial charge in [-0.15, -0.1) is 0 Å². The fraction of sp³-hybridized carbons (Fsp3) is 0.857. The number of carboxylic acid groups (broad SMARTS) is 1. The van der Waals surface area contributed by atoms with Crippen LogP contribution in [0, 0.1) is 0 Å². The zero-order valence-corrected chi connectivity index (χ0v) is 12.9. The van der Waals surface area contributed by atoms with E-state index in [2.05, 4.69) is 11.8 Å². The van der Waals surface area contributed by atoms with E-state index in [1.807, 2.05) is 0 Å². The van der Waals surface area contributed by atoms with Gasteiger partial charge in [0.05, 0.1) is 0 Å². The van der Waals surface area contributed by atoms with E-state index in [-0.39, 0.29) is 0 Å². The standard InChI is InChI=1S/C14H26N2O4/c1-5-6-7-15-8-9-16(11(10-15)12(17)18)13(19)20-14(2,3)4/h11H,5-10H2,1-4H3,(H,17,18). The Labute approximate surface area is 120 Å². The molecule has 0 aliphatic carbocycles. The van der Waals surface area contributed by atoms with Crippen LogP contribution in [0.3, 0.4) is 0 Å². The van der Waals surface area contributed by atoms with Crippen LogP contribution >= 0.6 is 0 Å². The second kappa shape index (κ2) is 6.92. The molecular weight excluding hydrogens is 260 g/mol. The van der Waals surface area contributed by atoms with Gasteiger partial charge in [0.2, 0.25) is 0 Å². The van der Waals surface area contributed by atoms with Crippen LogP contribution in [0.2, 0.25) is 0 Å². The molecule has 1 amide bonds. The molecular formula is C14H26N2O4. The highest BCUT2D eigenvalue weighted by Crippen LogP contribution is 2.16. The molecule has 0 radical (unpaired) electrons. The summed E-state index contributed by atoms with van der Waals surface area (Å²) < 4.78 is 5.28. The lowest BCUT2D eigenvalue weighted by Crippen LogP contribution is -2.59. The minimum Gasteiger partial charge on any atom is -0.480 e. The molecule has 1 rings (SSSR count). The summed E-state index contributed by atoms with van der Waals surface area (Å²) in [5.74, 6) is -0.975. The molecule has 0 aromatic rings. The Morgan fingerprint density at radius 1 is 1.30 bits per heavy atom. The lowest BCUT2D eigenvalue weighted by Gasteiger charge is -2.39. The minimum absolute atomic E-state index is 0.370. The molecule has 0 aromatic heterocycles. The third-order valence-electron chi connectivity index (χ3n) is 3.21. The largest absolute Gasteiger partial charge is 0.480 e. The number of piperazine rings is 1. The molecule has 0 bridgehead atoms. The van der Waals surface area contributed by atoms with Crippen molar-refractivity contribution in [2.75, 3.05) is 26.2 Å². The van der Waals surface area contributed by atoms with Gasteiger partial charge in [0.1, 0.15) is 11.6 Å². The van der Waals surface area contributed by atoms with Crippen molar-refractivity contribution in [3.05, 3.63) is 0 Å². The van der Waals surface area contributed by atoms with Gasteiger partial charge in [0.25, 0.3) is 0 Å². The van der Waals surface area contributed by atoms with Crippen LogP contribution in [0.15, 0.2) is 0 Å². The summed E-state index contributed by atoms with van der Waals surface area (Å²) in [6.07, 6.45) is 1.57. The highest BCUT2D eigenvalue weighted by Gasteiger charge is 2.37. The van der Waals surface area contributed by atoms with Gasteiger partial charge < -0.3 is 9.84 Å². The highest BCUT2D eigenvalue weighted by molar-refractivity contribution is 5.80. The summed E-state index contributed by atoms with van der Waals surface area (Å²) in [7, 11) is 0. The summed E-state index contributed by atoms with van der Waals surface area (Å²) in [5.41, 5.74) is -0.612. The zero-order chi connectivity index (χ0) is 15.3. The second-order valence-corrected chi connectivity index (χ2v) is 6.18. The summed E-state index contributed by atoms with van der Waals surface area (Å²) in [4.78, 5) is 26.9. The van der Waals surface area contributed by atoms with Crippen LogP contribution in [-0.2, 0) is 9.53 Å². The predicted octanol–water partition coefficient (Wildman–Crippen LogP) is 1.79. The van der Waals surface area contributed by atoms with Crippen molar-refractivity contribution in [2.45, 2.75) is 52.2 Å². The molecule has 0 saturated carbocycles. The molecule has 1 fully saturated rings. The molecule has 6 nitrogen and oxygen atoms in total. The molecule has 0 spiro atoms. The second-order valence-electron chi connectivity index (χ2n) is 6.18. The Hall–Kier alpha value is -1.30. The molecule has 0 aromatic carbocycles. The van der Waals surface area contributed by atoms with E-state index >= 15 is 0 Å². The van der Waals surface area contributed by atoms with Gasteiger partial charge in [-0.2, -0.15) is 0 Å². The molecule has 1 N–H and O–H groups in total. The van der Waals surface area contributed by atoms with Crippen LogP contribution in [0.4, 0.5) is 4.79 Å². The maximum Gasteiger partial charge on any atom is 0.411 e. The number of hydrogen-bond acceptors (Lipinski definition) is 4. The average molecular weight is 286 g/mol. The number of rotatable bonds is 4. The first-order chi connectivity index (χ1) is 9.24. The van der Waals surface area contributed by atoms with Crippen LogP contribution < -0.4 is 0 Å². The first-order valence-electron chi connectivity index (χ1n) is 7.19. The number of nitrogens with zero attached hydrogens (tertiary/aromatic N) is 2. The molecule has 20 heavy (non-hydrogen) atoms. The van der Waals surface area contributed by atoms with Gasteiger partial charge in [-0.1, -0.05) is 13.3 Å². The van der Waals surface area contributed by atoms with E-state index in [0.29, 0.717) is 19.6 Å². The number of unbranched alkanes of at least 4 members (excludes halogenated alkanes) is 1. The molecule has 6 heteroatoms.